The highest BCUT2D eigenvalue weighted by Crippen LogP contribution is 2.29. The molecule has 7 heteroatoms. The highest BCUT2D eigenvalue weighted by Gasteiger charge is 2.34. The van der Waals surface area contributed by atoms with E-state index in [0.29, 0.717) is 23.3 Å². The maximum atomic E-state index is 5.41. The fourth-order valence-electron chi connectivity index (χ4n) is 2.36. The highest BCUT2D eigenvalue weighted by molar-refractivity contribution is 5.49. The molecule has 1 aliphatic rings. The molecule has 3 heterocycles. The van der Waals surface area contributed by atoms with Crippen molar-refractivity contribution >= 4 is 0 Å². The number of rotatable bonds is 3. The average Bonchev–Trinajstić information content (AvgIpc) is 2.99. The molecule has 0 saturated carbocycles. The smallest absolute Gasteiger partial charge is 0.247 e. The fraction of sp³-hybridized carbons (Fsp3) is 0.538. The molecule has 0 spiro atoms. The summed E-state index contributed by atoms with van der Waals surface area (Å²) in [6, 6.07) is 1.69. The first-order valence-corrected chi connectivity index (χ1v) is 6.67. The van der Waals surface area contributed by atoms with Crippen molar-refractivity contribution in [1.82, 2.24) is 25.4 Å². The first-order chi connectivity index (χ1) is 9.71. The van der Waals surface area contributed by atoms with Gasteiger partial charge >= 0.3 is 0 Å². The van der Waals surface area contributed by atoms with Crippen LogP contribution in [-0.2, 0) is 5.54 Å². The lowest BCUT2D eigenvalue weighted by Gasteiger charge is -2.31. The third kappa shape index (κ3) is 2.36. The zero-order valence-corrected chi connectivity index (χ0v) is 11.6. The standard InChI is InChI=1S/C13H17N5O2/c1-13(5-3-4-6-16-13)12-17-11(18-20-12)9-7-10(19-2)15-8-14-9/h7-8,16H,3-6H2,1-2H3. The summed E-state index contributed by atoms with van der Waals surface area (Å²) >= 11 is 0. The molecular weight excluding hydrogens is 258 g/mol. The monoisotopic (exact) mass is 275 g/mol. The van der Waals surface area contributed by atoms with E-state index < -0.39 is 0 Å². The average molecular weight is 275 g/mol. The van der Waals surface area contributed by atoms with Crippen LogP contribution in [-0.4, -0.2) is 33.8 Å². The minimum atomic E-state index is -0.249. The quantitative estimate of drug-likeness (QED) is 0.908. The van der Waals surface area contributed by atoms with Crippen molar-refractivity contribution in [2.24, 2.45) is 0 Å². The van der Waals surface area contributed by atoms with Crippen LogP contribution in [0.2, 0.25) is 0 Å². The Morgan fingerprint density at radius 2 is 2.25 bits per heavy atom. The summed E-state index contributed by atoms with van der Waals surface area (Å²) < 4.78 is 10.5. The van der Waals surface area contributed by atoms with Gasteiger partial charge in [0.2, 0.25) is 17.6 Å². The normalized spacial score (nSPS) is 22.7. The predicted molar refractivity (Wildman–Crippen MR) is 71.1 cm³/mol. The van der Waals surface area contributed by atoms with Crippen molar-refractivity contribution in [2.45, 2.75) is 31.7 Å². The summed E-state index contributed by atoms with van der Waals surface area (Å²) in [6.07, 6.45) is 4.74. The van der Waals surface area contributed by atoms with Crippen molar-refractivity contribution in [1.29, 1.82) is 0 Å². The van der Waals surface area contributed by atoms with E-state index in [-0.39, 0.29) is 5.54 Å². The predicted octanol–water partition coefficient (Wildman–Crippen LogP) is 1.52. The van der Waals surface area contributed by atoms with Crippen molar-refractivity contribution in [3.63, 3.8) is 0 Å². The summed E-state index contributed by atoms with van der Waals surface area (Å²) in [5, 5.41) is 7.46. The van der Waals surface area contributed by atoms with Gasteiger partial charge in [-0.1, -0.05) is 5.16 Å². The van der Waals surface area contributed by atoms with Gasteiger partial charge in [0.05, 0.1) is 12.6 Å². The van der Waals surface area contributed by atoms with E-state index in [1.807, 2.05) is 0 Å². The van der Waals surface area contributed by atoms with Crippen molar-refractivity contribution in [3.8, 4) is 17.4 Å². The van der Waals surface area contributed by atoms with Gasteiger partial charge in [-0.15, -0.1) is 0 Å². The molecule has 1 atom stereocenters. The van der Waals surface area contributed by atoms with Crippen molar-refractivity contribution < 1.29 is 9.26 Å². The van der Waals surface area contributed by atoms with Crippen LogP contribution >= 0.6 is 0 Å². The minimum absolute atomic E-state index is 0.249. The van der Waals surface area contributed by atoms with Gasteiger partial charge in [0, 0.05) is 6.07 Å². The Balaban J connectivity index is 1.89. The molecule has 1 fully saturated rings. The molecule has 0 aromatic carbocycles. The van der Waals surface area contributed by atoms with Gasteiger partial charge in [0.25, 0.3) is 0 Å². The van der Waals surface area contributed by atoms with E-state index in [9.17, 15) is 0 Å². The van der Waals surface area contributed by atoms with E-state index >= 15 is 0 Å². The Morgan fingerprint density at radius 3 is 3.00 bits per heavy atom. The molecule has 0 radical (unpaired) electrons. The molecular formula is C13H17N5O2. The zero-order chi connectivity index (χ0) is 14.0. The van der Waals surface area contributed by atoms with E-state index in [1.165, 1.54) is 12.7 Å². The van der Waals surface area contributed by atoms with Gasteiger partial charge < -0.3 is 14.6 Å². The van der Waals surface area contributed by atoms with Crippen LogP contribution < -0.4 is 10.1 Å². The number of methoxy groups -OCH3 is 1. The van der Waals surface area contributed by atoms with Crippen LogP contribution in [0.5, 0.6) is 5.88 Å². The first-order valence-electron chi connectivity index (χ1n) is 6.67. The molecule has 0 bridgehead atoms. The van der Waals surface area contributed by atoms with Crippen LogP contribution in [0.3, 0.4) is 0 Å². The third-order valence-electron chi connectivity index (χ3n) is 3.60. The van der Waals surface area contributed by atoms with Gasteiger partial charge in [0.1, 0.15) is 12.0 Å². The van der Waals surface area contributed by atoms with Gasteiger partial charge in [-0.3, -0.25) is 0 Å². The third-order valence-corrected chi connectivity index (χ3v) is 3.60. The molecule has 3 rings (SSSR count). The Labute approximate surface area is 116 Å². The summed E-state index contributed by atoms with van der Waals surface area (Å²) in [6.45, 7) is 3.06. The van der Waals surface area contributed by atoms with Crippen molar-refractivity contribution in [2.75, 3.05) is 13.7 Å². The Hall–Kier alpha value is -2.02. The fourth-order valence-corrected chi connectivity index (χ4v) is 2.36. The Kier molecular flexibility index (Phi) is 3.35. The lowest BCUT2D eigenvalue weighted by molar-refractivity contribution is 0.207. The molecule has 106 valence electrons. The minimum Gasteiger partial charge on any atom is -0.481 e. The number of piperidine rings is 1. The first kappa shape index (κ1) is 13.0. The van der Waals surface area contributed by atoms with Crippen LogP contribution in [0.15, 0.2) is 16.9 Å². The molecule has 0 amide bonds. The molecule has 1 aliphatic heterocycles. The molecule has 0 aliphatic carbocycles. The molecule has 1 saturated heterocycles. The number of nitrogens with one attached hydrogen (secondary N) is 1. The second kappa shape index (κ2) is 5.16. The molecule has 20 heavy (non-hydrogen) atoms. The lowest BCUT2D eigenvalue weighted by atomic mass is 9.91. The van der Waals surface area contributed by atoms with Crippen molar-refractivity contribution in [3.05, 3.63) is 18.3 Å². The van der Waals surface area contributed by atoms with Gasteiger partial charge in [-0.2, -0.15) is 4.98 Å². The second-order valence-corrected chi connectivity index (χ2v) is 5.08. The molecule has 1 unspecified atom stereocenters. The molecule has 2 aromatic heterocycles. The van der Waals surface area contributed by atoms with E-state index in [4.69, 9.17) is 9.26 Å². The van der Waals surface area contributed by atoms with Crippen LogP contribution in [0.25, 0.3) is 11.5 Å². The second-order valence-electron chi connectivity index (χ2n) is 5.08. The van der Waals surface area contributed by atoms with E-state index in [2.05, 4.69) is 32.3 Å². The molecule has 7 nitrogen and oxygen atoms in total. The largest absolute Gasteiger partial charge is 0.481 e. The summed E-state index contributed by atoms with van der Waals surface area (Å²) in [4.78, 5) is 12.6. The van der Waals surface area contributed by atoms with E-state index in [1.54, 1.807) is 13.2 Å². The summed E-state index contributed by atoms with van der Waals surface area (Å²) in [5.41, 5.74) is 0.340. The van der Waals surface area contributed by atoms with Crippen LogP contribution in [0.4, 0.5) is 0 Å². The number of hydrogen-bond donors (Lipinski definition) is 1. The number of aromatic nitrogens is 4. The van der Waals surface area contributed by atoms with E-state index in [0.717, 1.165) is 19.4 Å². The Morgan fingerprint density at radius 1 is 1.35 bits per heavy atom. The summed E-state index contributed by atoms with van der Waals surface area (Å²) in [5.74, 6) is 1.53. The van der Waals surface area contributed by atoms with Gasteiger partial charge in [0.15, 0.2) is 0 Å². The SMILES string of the molecule is COc1cc(-c2noc(C3(C)CCCCN3)n2)ncn1. The van der Waals surface area contributed by atoms with Gasteiger partial charge in [-0.05, 0) is 32.7 Å². The summed E-state index contributed by atoms with van der Waals surface area (Å²) in [7, 11) is 1.56. The number of nitrogens with zero attached hydrogens (tertiary/aromatic N) is 4. The number of ether oxygens (including phenoxy) is 1. The highest BCUT2D eigenvalue weighted by atomic mass is 16.5. The molecule has 1 N–H and O–H groups in total. The van der Waals surface area contributed by atoms with Crippen LogP contribution in [0, 0.1) is 0 Å². The lowest BCUT2D eigenvalue weighted by Crippen LogP contribution is -2.43. The maximum absolute atomic E-state index is 5.41. The topological polar surface area (TPSA) is 86.0 Å². The number of hydrogen-bond acceptors (Lipinski definition) is 7. The van der Waals surface area contributed by atoms with Gasteiger partial charge in [-0.25, -0.2) is 9.97 Å². The van der Waals surface area contributed by atoms with Crippen LogP contribution in [0.1, 0.15) is 32.1 Å². The maximum Gasteiger partial charge on any atom is 0.247 e. The zero-order valence-electron chi connectivity index (χ0n) is 11.6. The molecule has 2 aromatic rings. The Bertz CT molecular complexity index is 592.